The molecule has 136 valence electrons. The Kier molecular flexibility index (Phi) is 4.55. The number of carbonyl (C=O) groups excluding carboxylic acids is 1. The molecule has 0 saturated carbocycles. The summed E-state index contributed by atoms with van der Waals surface area (Å²) in [6.07, 6.45) is 2.49. The van der Waals surface area contributed by atoms with E-state index in [-0.39, 0.29) is 5.91 Å². The highest BCUT2D eigenvalue weighted by Gasteiger charge is 2.14. The first-order valence-corrected chi connectivity index (χ1v) is 9.25. The molecule has 7 nitrogen and oxygen atoms in total. The van der Waals surface area contributed by atoms with Crippen molar-refractivity contribution in [2.24, 2.45) is 0 Å². The first-order valence-electron chi connectivity index (χ1n) is 8.43. The predicted molar refractivity (Wildman–Crippen MR) is 104 cm³/mol. The van der Waals surface area contributed by atoms with E-state index in [1.165, 1.54) is 16.9 Å². The summed E-state index contributed by atoms with van der Waals surface area (Å²) in [5.74, 6) is 0.395. The number of hydrogen-bond donors (Lipinski definition) is 1. The smallest absolute Gasteiger partial charge is 0.255 e. The van der Waals surface area contributed by atoms with E-state index < -0.39 is 0 Å². The lowest BCUT2D eigenvalue weighted by Gasteiger charge is -2.11. The van der Waals surface area contributed by atoms with Crippen molar-refractivity contribution in [3.8, 4) is 16.3 Å². The molecule has 0 aliphatic carbocycles. The Morgan fingerprint density at radius 3 is 2.74 bits per heavy atom. The highest BCUT2D eigenvalue weighted by atomic mass is 32.1. The standard InChI is InChI=1S/C19H17N5O2S/c1-3-12-4-6-13(7-5-12)17(25)21-15-10-14(8-9-16(15)26-2)18-23-24-11-20-22-19(24)27-18/h4-11H,3H2,1-2H3,(H,21,25). The average molecular weight is 379 g/mol. The van der Waals surface area contributed by atoms with Gasteiger partial charge in [-0.05, 0) is 42.3 Å². The Bertz CT molecular complexity index is 1070. The van der Waals surface area contributed by atoms with Crippen LogP contribution in [0.25, 0.3) is 15.5 Å². The van der Waals surface area contributed by atoms with Gasteiger partial charge in [0.15, 0.2) is 0 Å². The minimum Gasteiger partial charge on any atom is -0.495 e. The number of carbonyl (C=O) groups is 1. The summed E-state index contributed by atoms with van der Waals surface area (Å²) >= 11 is 1.42. The number of nitrogens with one attached hydrogen (secondary N) is 1. The molecule has 0 saturated heterocycles. The maximum atomic E-state index is 12.6. The van der Waals surface area contributed by atoms with Crippen LogP contribution >= 0.6 is 11.3 Å². The number of aryl methyl sites for hydroxylation is 1. The number of benzene rings is 2. The third kappa shape index (κ3) is 3.39. The number of methoxy groups -OCH3 is 1. The molecule has 0 radical (unpaired) electrons. The number of hydrogen-bond acceptors (Lipinski definition) is 6. The molecule has 2 aromatic heterocycles. The minimum atomic E-state index is -0.189. The predicted octanol–water partition coefficient (Wildman–Crippen LogP) is 3.68. The van der Waals surface area contributed by atoms with Crippen molar-refractivity contribution in [2.45, 2.75) is 13.3 Å². The van der Waals surface area contributed by atoms with Crippen LogP contribution in [0.5, 0.6) is 5.75 Å². The van der Waals surface area contributed by atoms with E-state index in [0.29, 0.717) is 22.0 Å². The number of rotatable bonds is 5. The number of fused-ring (bicyclic) bond motifs is 1. The summed E-state index contributed by atoms with van der Waals surface area (Å²) in [7, 11) is 1.57. The van der Waals surface area contributed by atoms with Crippen LogP contribution in [0.1, 0.15) is 22.8 Å². The Morgan fingerprint density at radius 1 is 1.22 bits per heavy atom. The second-order valence-corrected chi connectivity index (χ2v) is 6.84. The van der Waals surface area contributed by atoms with Gasteiger partial charge in [-0.2, -0.15) is 9.61 Å². The van der Waals surface area contributed by atoms with Crippen LogP contribution in [0.15, 0.2) is 48.8 Å². The van der Waals surface area contributed by atoms with Crippen molar-refractivity contribution in [3.63, 3.8) is 0 Å². The molecule has 8 heteroatoms. The summed E-state index contributed by atoms with van der Waals surface area (Å²) in [6.45, 7) is 2.08. The fraction of sp³-hybridized carbons (Fsp3) is 0.158. The van der Waals surface area contributed by atoms with Crippen molar-refractivity contribution >= 4 is 27.9 Å². The van der Waals surface area contributed by atoms with E-state index in [1.54, 1.807) is 18.0 Å². The van der Waals surface area contributed by atoms with E-state index in [9.17, 15) is 4.79 Å². The first-order chi connectivity index (χ1) is 13.2. The zero-order valence-corrected chi connectivity index (χ0v) is 15.7. The van der Waals surface area contributed by atoms with Gasteiger partial charge in [0.05, 0.1) is 12.8 Å². The topological polar surface area (TPSA) is 81.4 Å². The molecule has 0 aliphatic heterocycles. The minimum absolute atomic E-state index is 0.189. The van der Waals surface area contributed by atoms with Crippen LogP contribution in [0.3, 0.4) is 0 Å². The van der Waals surface area contributed by atoms with E-state index in [4.69, 9.17) is 4.74 Å². The zero-order valence-electron chi connectivity index (χ0n) is 14.8. The Balaban J connectivity index is 1.64. The molecule has 0 atom stereocenters. The normalized spacial score (nSPS) is 10.9. The van der Waals surface area contributed by atoms with Gasteiger partial charge in [0.1, 0.15) is 17.1 Å². The van der Waals surface area contributed by atoms with Gasteiger partial charge in [0, 0.05) is 11.1 Å². The summed E-state index contributed by atoms with van der Waals surface area (Å²) in [6, 6.07) is 13.1. The molecule has 4 rings (SSSR count). The van der Waals surface area contributed by atoms with Crippen LogP contribution in [0.2, 0.25) is 0 Å². The van der Waals surface area contributed by atoms with Crippen LogP contribution < -0.4 is 10.1 Å². The van der Waals surface area contributed by atoms with Gasteiger partial charge >= 0.3 is 0 Å². The van der Waals surface area contributed by atoms with Crippen molar-refractivity contribution in [3.05, 3.63) is 59.9 Å². The number of aromatic nitrogens is 4. The van der Waals surface area contributed by atoms with Gasteiger partial charge in [0.25, 0.3) is 5.91 Å². The first kappa shape index (κ1) is 17.2. The molecular formula is C19H17N5O2S. The third-order valence-corrected chi connectivity index (χ3v) is 5.17. The third-order valence-electron chi connectivity index (χ3n) is 4.21. The molecule has 0 spiro atoms. The molecule has 4 aromatic rings. The number of anilines is 1. The van der Waals surface area contributed by atoms with Gasteiger partial charge in [0.2, 0.25) is 4.96 Å². The molecule has 0 bridgehead atoms. The summed E-state index contributed by atoms with van der Waals surface area (Å²) in [5.41, 5.74) is 3.24. The van der Waals surface area contributed by atoms with Crippen LogP contribution in [-0.2, 0) is 6.42 Å². The molecule has 0 aliphatic rings. The van der Waals surface area contributed by atoms with Crippen molar-refractivity contribution in [1.82, 2.24) is 19.8 Å². The second kappa shape index (κ2) is 7.16. The highest BCUT2D eigenvalue weighted by Crippen LogP contribution is 2.32. The lowest BCUT2D eigenvalue weighted by molar-refractivity contribution is 0.102. The van der Waals surface area contributed by atoms with Crippen molar-refractivity contribution < 1.29 is 9.53 Å². The van der Waals surface area contributed by atoms with Crippen molar-refractivity contribution in [1.29, 1.82) is 0 Å². The van der Waals surface area contributed by atoms with E-state index in [2.05, 4.69) is 27.5 Å². The molecule has 1 N–H and O–H groups in total. The van der Waals surface area contributed by atoms with Gasteiger partial charge in [-0.25, -0.2) is 0 Å². The molecule has 1 amide bonds. The lowest BCUT2D eigenvalue weighted by Crippen LogP contribution is -2.12. The number of amides is 1. The van der Waals surface area contributed by atoms with Gasteiger partial charge in [-0.3, -0.25) is 4.79 Å². The SMILES string of the molecule is CCc1ccc(C(=O)Nc2cc(-c3nn4cnnc4s3)ccc2OC)cc1. The molecule has 27 heavy (non-hydrogen) atoms. The molecule has 2 heterocycles. The zero-order chi connectivity index (χ0) is 18.8. The van der Waals surface area contributed by atoms with Crippen LogP contribution in [0.4, 0.5) is 5.69 Å². The van der Waals surface area contributed by atoms with E-state index in [1.807, 2.05) is 42.5 Å². The monoisotopic (exact) mass is 379 g/mol. The van der Waals surface area contributed by atoms with Crippen molar-refractivity contribution in [2.75, 3.05) is 12.4 Å². The molecule has 0 unspecified atom stereocenters. The largest absolute Gasteiger partial charge is 0.495 e. The molecule has 0 fully saturated rings. The van der Waals surface area contributed by atoms with Crippen LogP contribution in [-0.4, -0.2) is 32.8 Å². The maximum absolute atomic E-state index is 12.6. The van der Waals surface area contributed by atoms with E-state index in [0.717, 1.165) is 17.0 Å². The highest BCUT2D eigenvalue weighted by molar-refractivity contribution is 7.19. The fourth-order valence-electron chi connectivity index (χ4n) is 2.70. The quantitative estimate of drug-likeness (QED) is 0.572. The molecule has 2 aromatic carbocycles. The van der Waals surface area contributed by atoms with E-state index >= 15 is 0 Å². The average Bonchev–Trinajstić information content (AvgIpc) is 3.30. The summed E-state index contributed by atoms with van der Waals surface area (Å²) < 4.78 is 7.02. The summed E-state index contributed by atoms with van der Waals surface area (Å²) in [5, 5.41) is 16.0. The lowest BCUT2D eigenvalue weighted by atomic mass is 10.1. The Hall–Kier alpha value is -3.26. The molecular weight excluding hydrogens is 362 g/mol. The van der Waals surface area contributed by atoms with Gasteiger partial charge in [-0.15, -0.1) is 10.2 Å². The van der Waals surface area contributed by atoms with Gasteiger partial charge in [-0.1, -0.05) is 30.4 Å². The van der Waals surface area contributed by atoms with Crippen LogP contribution in [0, 0.1) is 0 Å². The van der Waals surface area contributed by atoms with Gasteiger partial charge < -0.3 is 10.1 Å². The Labute approximate surface area is 159 Å². The second-order valence-electron chi connectivity index (χ2n) is 5.88. The number of nitrogens with zero attached hydrogens (tertiary/aromatic N) is 4. The Morgan fingerprint density at radius 2 is 2.04 bits per heavy atom. The fourth-order valence-corrected chi connectivity index (χ4v) is 3.52. The summed E-state index contributed by atoms with van der Waals surface area (Å²) in [4.78, 5) is 13.3. The maximum Gasteiger partial charge on any atom is 0.255 e. The number of ether oxygens (including phenoxy) is 1.